The zero-order valence-corrected chi connectivity index (χ0v) is 10.1. The van der Waals surface area contributed by atoms with E-state index >= 15 is 0 Å². The normalized spacial score (nSPS) is 10.3. The molecule has 0 amide bonds. The van der Waals surface area contributed by atoms with E-state index in [1.165, 1.54) is 17.8 Å². The van der Waals surface area contributed by atoms with Crippen molar-refractivity contribution in [1.29, 1.82) is 0 Å². The van der Waals surface area contributed by atoms with E-state index < -0.39 is 5.82 Å². The number of halogens is 2. The Hall–Kier alpha value is -1.61. The van der Waals surface area contributed by atoms with Crippen molar-refractivity contribution < 1.29 is 4.39 Å². The van der Waals surface area contributed by atoms with Crippen LogP contribution in [0.4, 0.5) is 10.2 Å². The van der Waals surface area contributed by atoms with Gasteiger partial charge in [-0.3, -0.25) is 0 Å². The van der Waals surface area contributed by atoms with Gasteiger partial charge in [0.15, 0.2) is 11.6 Å². The molecule has 0 aliphatic heterocycles. The van der Waals surface area contributed by atoms with Crippen LogP contribution in [-0.2, 0) is 6.54 Å². The van der Waals surface area contributed by atoms with Crippen molar-refractivity contribution in [3.05, 3.63) is 58.5 Å². The van der Waals surface area contributed by atoms with Gasteiger partial charge in [0.25, 0.3) is 0 Å². The van der Waals surface area contributed by atoms with Gasteiger partial charge in [-0.15, -0.1) is 0 Å². The van der Waals surface area contributed by atoms with Gasteiger partial charge in [-0.1, -0.05) is 41.4 Å². The molecule has 1 heterocycles. The number of aryl methyl sites for hydroxylation is 1. The van der Waals surface area contributed by atoms with E-state index in [9.17, 15) is 4.39 Å². The molecule has 1 aromatic heterocycles. The summed E-state index contributed by atoms with van der Waals surface area (Å²) >= 11 is 5.62. The van der Waals surface area contributed by atoms with Gasteiger partial charge in [-0.2, -0.15) is 0 Å². The Bertz CT molecular complexity index is 529. The second-order valence-corrected chi connectivity index (χ2v) is 4.26. The Labute approximate surface area is 104 Å². The third-order valence-electron chi connectivity index (χ3n) is 2.35. The Kier molecular flexibility index (Phi) is 3.59. The number of pyridine rings is 1. The molecule has 2 nitrogen and oxygen atoms in total. The summed E-state index contributed by atoms with van der Waals surface area (Å²) < 4.78 is 13.4. The van der Waals surface area contributed by atoms with Crippen molar-refractivity contribution in [2.24, 2.45) is 0 Å². The van der Waals surface area contributed by atoms with Crippen molar-refractivity contribution >= 4 is 17.4 Å². The molecule has 0 saturated carbocycles. The number of nitrogens with one attached hydrogen (secondary N) is 1. The van der Waals surface area contributed by atoms with Gasteiger partial charge < -0.3 is 5.32 Å². The lowest BCUT2D eigenvalue weighted by atomic mass is 10.1. The van der Waals surface area contributed by atoms with E-state index in [0.29, 0.717) is 11.6 Å². The topological polar surface area (TPSA) is 24.9 Å². The second kappa shape index (κ2) is 5.15. The van der Waals surface area contributed by atoms with Crippen molar-refractivity contribution in [2.45, 2.75) is 13.5 Å². The quantitative estimate of drug-likeness (QED) is 0.896. The number of rotatable bonds is 3. The van der Waals surface area contributed by atoms with Crippen LogP contribution in [0.2, 0.25) is 5.02 Å². The third kappa shape index (κ3) is 3.17. The first kappa shape index (κ1) is 11.9. The number of hydrogen-bond acceptors (Lipinski definition) is 2. The van der Waals surface area contributed by atoms with Gasteiger partial charge >= 0.3 is 0 Å². The van der Waals surface area contributed by atoms with Gasteiger partial charge in [-0.25, -0.2) is 9.37 Å². The highest BCUT2D eigenvalue weighted by Gasteiger charge is 2.03. The van der Waals surface area contributed by atoms with Gasteiger partial charge in [0.2, 0.25) is 0 Å². The molecule has 1 N–H and O–H groups in total. The first-order chi connectivity index (χ1) is 8.15. The summed E-state index contributed by atoms with van der Waals surface area (Å²) in [5.74, 6) is -0.221. The molecule has 17 heavy (non-hydrogen) atoms. The number of nitrogens with zero attached hydrogens (tertiary/aromatic N) is 1. The first-order valence-electron chi connectivity index (χ1n) is 5.25. The van der Waals surface area contributed by atoms with Crippen LogP contribution in [0.25, 0.3) is 0 Å². The standard InChI is InChI=1S/C13H12ClFN2/c1-9-3-2-4-10(5-9)7-16-13-12(15)6-11(14)8-17-13/h2-6,8H,7H2,1H3,(H,16,17). The van der Waals surface area contributed by atoms with E-state index in [2.05, 4.69) is 10.3 Å². The lowest BCUT2D eigenvalue weighted by Crippen LogP contribution is -2.03. The lowest BCUT2D eigenvalue weighted by molar-refractivity contribution is 0.624. The highest BCUT2D eigenvalue weighted by Crippen LogP contribution is 2.16. The highest BCUT2D eigenvalue weighted by atomic mass is 35.5. The van der Waals surface area contributed by atoms with E-state index in [-0.39, 0.29) is 5.82 Å². The molecule has 1 aromatic carbocycles. The average molecular weight is 251 g/mol. The zero-order valence-electron chi connectivity index (χ0n) is 9.37. The fraction of sp³-hybridized carbons (Fsp3) is 0.154. The summed E-state index contributed by atoms with van der Waals surface area (Å²) in [4.78, 5) is 3.90. The molecule has 0 atom stereocenters. The summed E-state index contributed by atoms with van der Waals surface area (Å²) in [6.45, 7) is 2.55. The van der Waals surface area contributed by atoms with E-state index in [1.54, 1.807) is 0 Å². The molecular formula is C13H12ClFN2. The predicted octanol–water partition coefficient (Wildman–Crippen LogP) is 3.79. The van der Waals surface area contributed by atoms with Crippen LogP contribution in [-0.4, -0.2) is 4.98 Å². The van der Waals surface area contributed by atoms with Crippen LogP contribution < -0.4 is 5.32 Å². The minimum atomic E-state index is -0.440. The SMILES string of the molecule is Cc1cccc(CNc2ncc(Cl)cc2F)c1. The Balaban J connectivity index is 2.07. The van der Waals surface area contributed by atoms with Crippen molar-refractivity contribution in [3.8, 4) is 0 Å². The Morgan fingerprint density at radius 1 is 1.35 bits per heavy atom. The molecule has 0 unspecified atom stereocenters. The number of hydrogen-bond donors (Lipinski definition) is 1. The fourth-order valence-corrected chi connectivity index (χ4v) is 1.70. The monoisotopic (exact) mass is 250 g/mol. The minimum absolute atomic E-state index is 0.218. The third-order valence-corrected chi connectivity index (χ3v) is 2.56. The Morgan fingerprint density at radius 2 is 2.18 bits per heavy atom. The maximum Gasteiger partial charge on any atom is 0.166 e. The van der Waals surface area contributed by atoms with Crippen LogP contribution >= 0.6 is 11.6 Å². The van der Waals surface area contributed by atoms with Gasteiger partial charge in [0.05, 0.1) is 5.02 Å². The zero-order chi connectivity index (χ0) is 12.3. The molecule has 2 rings (SSSR count). The summed E-state index contributed by atoms with van der Waals surface area (Å²) in [5.41, 5.74) is 2.26. The smallest absolute Gasteiger partial charge is 0.166 e. The number of aromatic nitrogens is 1. The van der Waals surface area contributed by atoms with Gasteiger partial charge in [-0.05, 0) is 18.6 Å². The largest absolute Gasteiger partial charge is 0.364 e. The van der Waals surface area contributed by atoms with Crippen LogP contribution in [0.5, 0.6) is 0 Å². The minimum Gasteiger partial charge on any atom is -0.364 e. The van der Waals surface area contributed by atoms with Crippen LogP contribution in [0.1, 0.15) is 11.1 Å². The van der Waals surface area contributed by atoms with E-state index in [0.717, 1.165) is 5.56 Å². The highest BCUT2D eigenvalue weighted by molar-refractivity contribution is 6.30. The maximum atomic E-state index is 13.4. The molecule has 88 valence electrons. The molecule has 0 bridgehead atoms. The molecular weight excluding hydrogens is 239 g/mol. The molecule has 2 aromatic rings. The fourth-order valence-electron chi connectivity index (χ4n) is 1.55. The summed E-state index contributed by atoms with van der Waals surface area (Å²) in [7, 11) is 0. The summed E-state index contributed by atoms with van der Waals surface area (Å²) in [6, 6.07) is 9.25. The average Bonchev–Trinajstić information content (AvgIpc) is 2.28. The molecule has 0 saturated heterocycles. The van der Waals surface area contributed by atoms with Crippen molar-refractivity contribution in [1.82, 2.24) is 4.98 Å². The predicted molar refractivity (Wildman–Crippen MR) is 67.7 cm³/mol. The lowest BCUT2D eigenvalue weighted by Gasteiger charge is -2.07. The van der Waals surface area contributed by atoms with E-state index in [1.807, 2.05) is 31.2 Å². The molecule has 0 spiro atoms. The van der Waals surface area contributed by atoms with Crippen LogP contribution in [0, 0.1) is 12.7 Å². The summed E-state index contributed by atoms with van der Waals surface area (Å²) in [5, 5.41) is 3.23. The molecule has 0 fully saturated rings. The molecule has 0 aliphatic rings. The summed E-state index contributed by atoms with van der Waals surface area (Å²) in [6.07, 6.45) is 1.42. The molecule has 4 heteroatoms. The number of anilines is 1. The van der Waals surface area contributed by atoms with Crippen LogP contribution in [0.15, 0.2) is 36.5 Å². The van der Waals surface area contributed by atoms with Gasteiger partial charge in [0, 0.05) is 12.7 Å². The molecule has 0 aliphatic carbocycles. The second-order valence-electron chi connectivity index (χ2n) is 3.83. The Morgan fingerprint density at radius 3 is 2.88 bits per heavy atom. The van der Waals surface area contributed by atoms with Crippen molar-refractivity contribution in [3.63, 3.8) is 0 Å². The van der Waals surface area contributed by atoms with E-state index in [4.69, 9.17) is 11.6 Å². The maximum absolute atomic E-state index is 13.4. The number of benzene rings is 1. The molecule has 0 radical (unpaired) electrons. The first-order valence-corrected chi connectivity index (χ1v) is 5.63. The van der Waals surface area contributed by atoms with Crippen LogP contribution in [0.3, 0.4) is 0 Å². The van der Waals surface area contributed by atoms with Crippen molar-refractivity contribution in [2.75, 3.05) is 5.32 Å². The van der Waals surface area contributed by atoms with Gasteiger partial charge in [0.1, 0.15) is 0 Å².